The SMILES string of the molecule is CCC(=O)N1CCCC1C#N.N#CC1CCCN1C(=O)CNC12CCC(C(=O)O)(CC1)C2.N#CC1CCCN1C(=O)CNC12CCC(C(=O)OC3CCCCO3)(CC1)C2.NC12CCC(C(=O)OC3CCCCO3)(CC1)C2. The molecule has 76 heavy (non-hydrogen) atoms. The molecule has 11 fully saturated rings. The topological polar surface area (TPSA) is 291 Å². The van der Waals surface area contributed by atoms with Gasteiger partial charge in [0.15, 0.2) is 0 Å². The van der Waals surface area contributed by atoms with E-state index in [4.69, 9.17) is 35.2 Å². The number of rotatable bonds is 12. The van der Waals surface area contributed by atoms with Gasteiger partial charge in [-0.3, -0.25) is 28.8 Å². The first kappa shape index (κ1) is 57.3. The van der Waals surface area contributed by atoms with Crippen LogP contribution in [0.4, 0.5) is 0 Å². The molecule has 5 saturated heterocycles. The van der Waals surface area contributed by atoms with Crippen LogP contribution in [0.2, 0.25) is 0 Å². The Morgan fingerprint density at radius 1 is 0.539 bits per heavy atom. The number of aliphatic carboxylic acids is 1. The summed E-state index contributed by atoms with van der Waals surface area (Å²) in [6.07, 6.45) is 23.2. The van der Waals surface area contributed by atoms with E-state index < -0.39 is 16.8 Å². The third-order valence-electron chi connectivity index (χ3n) is 19.3. The van der Waals surface area contributed by atoms with E-state index in [1.54, 1.807) is 14.7 Å². The summed E-state index contributed by atoms with van der Waals surface area (Å²) < 4.78 is 22.2. The summed E-state index contributed by atoms with van der Waals surface area (Å²) in [5, 5.41) is 43.0. The van der Waals surface area contributed by atoms with Gasteiger partial charge < -0.3 is 55.1 Å². The molecule has 5 N–H and O–H groups in total. The summed E-state index contributed by atoms with van der Waals surface area (Å²) in [7, 11) is 0. The van der Waals surface area contributed by atoms with E-state index in [1.165, 1.54) is 0 Å². The van der Waals surface area contributed by atoms with E-state index in [0.29, 0.717) is 52.0 Å². The van der Waals surface area contributed by atoms with E-state index in [1.807, 2.05) is 6.92 Å². The predicted octanol–water partition coefficient (Wildman–Crippen LogP) is 5.37. The Bertz CT molecular complexity index is 2240. The number of carbonyl (C=O) groups excluding carboxylic acids is 5. The molecule has 0 aromatic rings. The van der Waals surface area contributed by atoms with E-state index in [-0.39, 0.29) is 95.5 Å². The summed E-state index contributed by atoms with van der Waals surface area (Å²) in [4.78, 5) is 77.5. The van der Waals surface area contributed by atoms with Crippen molar-refractivity contribution in [2.75, 3.05) is 45.9 Å². The van der Waals surface area contributed by atoms with Crippen LogP contribution in [-0.2, 0) is 47.7 Å². The number of carbonyl (C=O) groups is 6. The summed E-state index contributed by atoms with van der Waals surface area (Å²) in [5.74, 6) is -0.808. The molecule has 6 bridgehead atoms. The number of nitrogens with one attached hydrogen (secondary N) is 2. The maximum absolute atomic E-state index is 12.8. The number of nitrogens with zero attached hydrogens (tertiary/aromatic N) is 6. The molecule has 0 aromatic carbocycles. The Balaban J connectivity index is 0.000000140. The first-order valence-electron chi connectivity index (χ1n) is 28.7. The molecule has 0 aromatic heterocycles. The fourth-order valence-electron chi connectivity index (χ4n) is 14.6. The highest BCUT2D eigenvalue weighted by atomic mass is 16.7. The fraction of sp³-hybridized carbons (Fsp3) is 0.839. The number of esters is 2. The minimum Gasteiger partial charge on any atom is -0.481 e. The molecule has 6 saturated carbocycles. The molecule has 3 amide bonds. The third-order valence-corrected chi connectivity index (χ3v) is 19.3. The number of fused-ring (bicyclic) bond motifs is 6. The molecular formula is C56H83N9O11. The van der Waals surface area contributed by atoms with Crippen LogP contribution in [0.5, 0.6) is 0 Å². The van der Waals surface area contributed by atoms with Crippen LogP contribution < -0.4 is 16.4 Å². The lowest BCUT2D eigenvalue weighted by atomic mass is 9.84. The standard InChI is InChI=1S/C20H29N3O4.C15H21N3O3.C13H21NO3.C8H12N2O/c21-12-15-4-3-10-23(15)16(24)13-22-20-8-6-19(14-20,7-9-20)18(25)27-17-5-1-2-11-26-17;16-8-11-2-1-7-18(11)12(19)9-17-15-5-3-14(10-15,4-6-15)13(20)21;14-13-6-4-12(9-13,5-7-13)11(15)17-10-3-1-2-8-16-10;1-2-8(11)10-5-3-4-7(10)6-9/h15,17,22H,1-11,13-14H2;11,17H,1-7,9-10H2,(H,20,21);10H,1-9,14H2;7H,2-5H2,1H3. The number of ether oxygens (including phenoxy) is 4. The average Bonchev–Trinajstić information content (AvgIpc) is 4.34. The maximum atomic E-state index is 12.8. The summed E-state index contributed by atoms with van der Waals surface area (Å²) in [6, 6.07) is 5.80. The van der Waals surface area contributed by atoms with Gasteiger partial charge in [-0.25, -0.2) is 0 Å². The van der Waals surface area contributed by atoms with E-state index in [2.05, 4.69) is 28.8 Å². The summed E-state index contributed by atoms with van der Waals surface area (Å²) in [5.41, 5.74) is 4.52. The second-order valence-electron chi connectivity index (χ2n) is 24.2. The van der Waals surface area contributed by atoms with Gasteiger partial charge in [-0.2, -0.15) is 15.8 Å². The smallest absolute Gasteiger partial charge is 0.314 e. The average molecular weight is 1060 g/mol. The highest BCUT2D eigenvalue weighted by molar-refractivity contribution is 5.81. The maximum Gasteiger partial charge on any atom is 0.314 e. The Kier molecular flexibility index (Phi) is 18.4. The molecule has 5 atom stereocenters. The highest BCUT2D eigenvalue weighted by Gasteiger charge is 2.61. The zero-order valence-corrected chi connectivity index (χ0v) is 44.9. The van der Waals surface area contributed by atoms with Crippen LogP contribution in [0.25, 0.3) is 0 Å². The molecule has 20 heteroatoms. The van der Waals surface area contributed by atoms with Crippen LogP contribution in [0.1, 0.15) is 187 Å². The molecule has 5 unspecified atom stereocenters. The number of hydrogen-bond donors (Lipinski definition) is 4. The van der Waals surface area contributed by atoms with E-state index in [9.17, 15) is 39.1 Å². The highest BCUT2D eigenvalue weighted by Crippen LogP contribution is 2.59. The molecule has 418 valence electrons. The van der Waals surface area contributed by atoms with Gasteiger partial charge >= 0.3 is 17.9 Å². The number of nitrogens with two attached hydrogens (primary N) is 1. The molecule has 0 radical (unpaired) electrons. The number of amides is 3. The molecule has 0 spiro atoms. The van der Waals surface area contributed by atoms with Gasteiger partial charge in [0.25, 0.3) is 0 Å². The first-order valence-corrected chi connectivity index (χ1v) is 28.7. The van der Waals surface area contributed by atoms with Gasteiger partial charge in [-0.1, -0.05) is 6.92 Å². The van der Waals surface area contributed by atoms with Crippen LogP contribution in [0.15, 0.2) is 0 Å². The number of nitriles is 3. The van der Waals surface area contributed by atoms with Crippen LogP contribution in [-0.4, -0.2) is 149 Å². The first-order chi connectivity index (χ1) is 36.5. The summed E-state index contributed by atoms with van der Waals surface area (Å²) >= 11 is 0. The van der Waals surface area contributed by atoms with Gasteiger partial charge in [0.2, 0.25) is 30.3 Å². The van der Waals surface area contributed by atoms with Crippen molar-refractivity contribution in [2.45, 2.75) is 234 Å². The van der Waals surface area contributed by atoms with Crippen LogP contribution in [0.3, 0.4) is 0 Å². The van der Waals surface area contributed by atoms with Gasteiger partial charge in [0, 0.05) is 55.5 Å². The molecule has 11 aliphatic rings. The number of likely N-dealkylation sites (tertiary alicyclic amines) is 3. The molecule has 20 nitrogen and oxygen atoms in total. The Morgan fingerprint density at radius 2 is 0.921 bits per heavy atom. The minimum absolute atomic E-state index is 0.00370. The van der Waals surface area contributed by atoms with Crippen molar-refractivity contribution in [3.05, 3.63) is 0 Å². The van der Waals surface area contributed by atoms with Crippen molar-refractivity contribution < 1.29 is 52.8 Å². The van der Waals surface area contributed by atoms with Crippen LogP contribution >= 0.6 is 0 Å². The molecular weight excluding hydrogens is 975 g/mol. The zero-order chi connectivity index (χ0) is 54.2. The summed E-state index contributed by atoms with van der Waals surface area (Å²) in [6.45, 7) is 5.77. The lowest BCUT2D eigenvalue weighted by Crippen LogP contribution is -2.48. The van der Waals surface area contributed by atoms with E-state index in [0.717, 1.165) is 161 Å². The van der Waals surface area contributed by atoms with Gasteiger partial charge in [-0.15, -0.1) is 0 Å². The van der Waals surface area contributed by atoms with Crippen molar-refractivity contribution in [2.24, 2.45) is 22.0 Å². The number of hydrogen-bond acceptors (Lipinski definition) is 16. The Hall–Kier alpha value is -4.91. The Labute approximate surface area is 448 Å². The van der Waals surface area contributed by atoms with Crippen molar-refractivity contribution >= 4 is 35.6 Å². The molecule has 6 aliphatic carbocycles. The zero-order valence-electron chi connectivity index (χ0n) is 44.9. The third kappa shape index (κ3) is 12.7. The van der Waals surface area contributed by atoms with Crippen molar-refractivity contribution in [3.63, 3.8) is 0 Å². The molecule has 11 rings (SSSR count). The fourth-order valence-corrected chi connectivity index (χ4v) is 14.6. The van der Waals surface area contributed by atoms with Gasteiger partial charge in [0.05, 0.1) is 60.8 Å². The van der Waals surface area contributed by atoms with Crippen molar-refractivity contribution in [1.29, 1.82) is 15.8 Å². The second-order valence-corrected chi connectivity index (χ2v) is 24.2. The number of carboxylic acid groups (broad SMARTS) is 1. The van der Waals surface area contributed by atoms with E-state index >= 15 is 0 Å². The normalized spacial score (nSPS) is 37.3. The second kappa shape index (κ2) is 24.4. The minimum atomic E-state index is -0.695. The lowest BCUT2D eigenvalue weighted by molar-refractivity contribution is -0.198. The monoisotopic (exact) mass is 1060 g/mol. The largest absolute Gasteiger partial charge is 0.481 e. The van der Waals surface area contributed by atoms with Gasteiger partial charge in [-0.05, 0) is 161 Å². The van der Waals surface area contributed by atoms with Crippen LogP contribution in [0, 0.1) is 50.2 Å². The van der Waals surface area contributed by atoms with Gasteiger partial charge in [0.1, 0.15) is 18.1 Å². The Morgan fingerprint density at radius 3 is 1.26 bits per heavy atom. The lowest BCUT2D eigenvalue weighted by Gasteiger charge is -2.30. The van der Waals surface area contributed by atoms with Crippen molar-refractivity contribution in [1.82, 2.24) is 25.3 Å². The quantitative estimate of drug-likeness (QED) is 0.179. The molecule has 5 heterocycles. The molecule has 5 aliphatic heterocycles. The van der Waals surface area contributed by atoms with Crippen molar-refractivity contribution in [3.8, 4) is 18.2 Å². The number of carboxylic acids is 1. The predicted molar refractivity (Wildman–Crippen MR) is 273 cm³/mol.